The largest absolute Gasteiger partial charge is 0.490 e. The van der Waals surface area contributed by atoms with Gasteiger partial charge >= 0.3 is 5.95 Å². The summed E-state index contributed by atoms with van der Waals surface area (Å²) in [7, 11) is 0. The number of rotatable bonds is 6. The van der Waals surface area contributed by atoms with Crippen molar-refractivity contribution in [2.45, 2.75) is 25.8 Å². The molecule has 1 saturated heterocycles. The van der Waals surface area contributed by atoms with E-state index in [0.29, 0.717) is 18.4 Å². The van der Waals surface area contributed by atoms with E-state index >= 15 is 0 Å². The van der Waals surface area contributed by atoms with Gasteiger partial charge in [0.2, 0.25) is 12.2 Å². The van der Waals surface area contributed by atoms with Crippen molar-refractivity contribution < 1.29 is 9.72 Å². The molecule has 2 aliphatic rings. The van der Waals surface area contributed by atoms with Crippen molar-refractivity contribution in [2.75, 3.05) is 32.7 Å². The van der Waals surface area contributed by atoms with E-state index in [4.69, 9.17) is 0 Å². The van der Waals surface area contributed by atoms with Crippen molar-refractivity contribution in [1.82, 2.24) is 24.6 Å². The van der Waals surface area contributed by atoms with Gasteiger partial charge in [-0.2, -0.15) is 4.68 Å². The second-order valence-corrected chi connectivity index (χ2v) is 5.86. The number of aromatic nitrogens is 3. The molecule has 2 fully saturated rings. The number of nitrogens with zero attached hydrogens (tertiary/aromatic N) is 6. The summed E-state index contributed by atoms with van der Waals surface area (Å²) in [6.45, 7) is 4.93. The Morgan fingerprint density at radius 2 is 2.00 bits per heavy atom. The van der Waals surface area contributed by atoms with Crippen LogP contribution in [0.2, 0.25) is 0 Å². The van der Waals surface area contributed by atoms with Gasteiger partial charge in [0.1, 0.15) is 0 Å². The van der Waals surface area contributed by atoms with Crippen LogP contribution in [0.1, 0.15) is 19.3 Å². The van der Waals surface area contributed by atoms with Crippen molar-refractivity contribution in [3.63, 3.8) is 0 Å². The fraction of sp³-hybridized carbons (Fsp3) is 0.769. The maximum Gasteiger partial charge on any atom is 0.490 e. The standard InChI is InChI=1S/C13H20N6O3/c20-12(11-2-3-11)17-8-6-16(7-9-17)4-1-5-18-10-14-13(15-18)19(21)22/h10-11H,1-9H2. The van der Waals surface area contributed by atoms with Crippen molar-refractivity contribution in [1.29, 1.82) is 0 Å². The summed E-state index contributed by atoms with van der Waals surface area (Å²) in [5.74, 6) is 0.274. The molecule has 0 bridgehead atoms. The Kier molecular flexibility index (Phi) is 4.32. The summed E-state index contributed by atoms with van der Waals surface area (Å²) in [5, 5.41) is 14.3. The van der Waals surface area contributed by atoms with E-state index in [2.05, 4.69) is 15.0 Å². The third kappa shape index (κ3) is 3.59. The topological polar surface area (TPSA) is 97.4 Å². The summed E-state index contributed by atoms with van der Waals surface area (Å²) in [5.41, 5.74) is 0. The second-order valence-electron chi connectivity index (χ2n) is 5.86. The Balaban J connectivity index is 1.36. The van der Waals surface area contributed by atoms with Crippen molar-refractivity contribution in [3.05, 3.63) is 16.4 Å². The summed E-state index contributed by atoms with van der Waals surface area (Å²) in [4.78, 5) is 29.8. The van der Waals surface area contributed by atoms with Crippen LogP contribution in [0.5, 0.6) is 0 Å². The number of carbonyl (C=O) groups excluding carboxylic acids is 1. The molecule has 2 heterocycles. The van der Waals surface area contributed by atoms with Crippen molar-refractivity contribution in [2.24, 2.45) is 5.92 Å². The lowest BCUT2D eigenvalue weighted by molar-refractivity contribution is -0.394. The van der Waals surface area contributed by atoms with Gasteiger partial charge in [-0.15, -0.1) is 0 Å². The normalized spacial score (nSPS) is 19.4. The summed E-state index contributed by atoms with van der Waals surface area (Å²) < 4.78 is 1.50. The number of carbonyl (C=O) groups is 1. The molecule has 0 radical (unpaired) electrons. The van der Waals surface area contributed by atoms with Crippen LogP contribution in [-0.2, 0) is 11.3 Å². The summed E-state index contributed by atoms with van der Waals surface area (Å²) in [6.07, 6.45) is 4.37. The fourth-order valence-corrected chi connectivity index (χ4v) is 2.71. The molecule has 1 amide bonds. The van der Waals surface area contributed by atoms with E-state index in [1.807, 2.05) is 4.90 Å². The van der Waals surface area contributed by atoms with E-state index in [9.17, 15) is 14.9 Å². The highest BCUT2D eigenvalue weighted by Gasteiger charge is 2.34. The van der Waals surface area contributed by atoms with Gasteiger partial charge in [-0.05, 0) is 24.2 Å². The van der Waals surface area contributed by atoms with Gasteiger partial charge in [0.05, 0.1) is 6.54 Å². The maximum absolute atomic E-state index is 12.0. The minimum atomic E-state index is -0.591. The number of aryl methyl sites for hydroxylation is 1. The Hall–Kier alpha value is -2.03. The maximum atomic E-state index is 12.0. The first-order valence-corrected chi connectivity index (χ1v) is 7.68. The first kappa shape index (κ1) is 14.9. The molecule has 1 aromatic rings. The van der Waals surface area contributed by atoms with Gasteiger partial charge in [-0.1, -0.05) is 4.98 Å². The van der Waals surface area contributed by atoms with E-state index in [1.165, 1.54) is 11.0 Å². The Morgan fingerprint density at radius 1 is 1.27 bits per heavy atom. The summed E-state index contributed by atoms with van der Waals surface area (Å²) in [6, 6.07) is 0. The molecule has 1 aliphatic heterocycles. The highest BCUT2D eigenvalue weighted by molar-refractivity contribution is 5.81. The molecule has 0 unspecified atom stereocenters. The van der Waals surface area contributed by atoms with Crippen LogP contribution in [0.15, 0.2) is 6.33 Å². The Bertz CT molecular complexity index is 548. The second kappa shape index (κ2) is 6.39. The van der Waals surface area contributed by atoms with E-state index in [1.54, 1.807) is 0 Å². The zero-order chi connectivity index (χ0) is 15.5. The van der Waals surface area contributed by atoms with Crippen LogP contribution < -0.4 is 0 Å². The lowest BCUT2D eigenvalue weighted by atomic mass is 10.2. The monoisotopic (exact) mass is 308 g/mol. The number of hydrogen-bond acceptors (Lipinski definition) is 6. The van der Waals surface area contributed by atoms with Gasteiger partial charge in [-0.25, -0.2) is 0 Å². The highest BCUT2D eigenvalue weighted by Crippen LogP contribution is 2.31. The first-order valence-electron chi connectivity index (χ1n) is 7.68. The molecule has 0 N–H and O–H groups in total. The van der Waals surface area contributed by atoms with Crippen LogP contribution >= 0.6 is 0 Å². The van der Waals surface area contributed by atoms with E-state index < -0.39 is 4.92 Å². The van der Waals surface area contributed by atoms with Gasteiger partial charge in [-0.3, -0.25) is 9.69 Å². The predicted molar refractivity (Wildman–Crippen MR) is 77.0 cm³/mol. The van der Waals surface area contributed by atoms with Crippen LogP contribution in [0, 0.1) is 16.0 Å². The van der Waals surface area contributed by atoms with Gasteiger partial charge in [0.15, 0.2) is 0 Å². The van der Waals surface area contributed by atoms with Gasteiger partial charge in [0.25, 0.3) is 0 Å². The Labute approximate surface area is 128 Å². The summed E-state index contributed by atoms with van der Waals surface area (Å²) >= 11 is 0. The van der Waals surface area contributed by atoms with Gasteiger partial charge < -0.3 is 15.0 Å². The van der Waals surface area contributed by atoms with Crippen LogP contribution in [0.3, 0.4) is 0 Å². The minimum absolute atomic E-state index is 0.301. The lowest BCUT2D eigenvalue weighted by Gasteiger charge is -2.34. The predicted octanol–water partition coefficient (Wildman–Crippen LogP) is 0.131. The molecule has 0 aromatic carbocycles. The third-order valence-electron chi connectivity index (χ3n) is 4.16. The number of piperazine rings is 1. The zero-order valence-corrected chi connectivity index (χ0v) is 12.4. The van der Waals surface area contributed by atoms with Gasteiger partial charge in [0, 0.05) is 43.7 Å². The number of nitro groups is 1. The molecule has 1 aromatic heterocycles. The molecular weight excluding hydrogens is 288 g/mol. The molecule has 22 heavy (non-hydrogen) atoms. The molecule has 9 heteroatoms. The average molecular weight is 308 g/mol. The van der Waals surface area contributed by atoms with E-state index in [0.717, 1.165) is 52.0 Å². The number of hydrogen-bond donors (Lipinski definition) is 0. The van der Waals surface area contributed by atoms with Crippen LogP contribution in [-0.4, -0.2) is 68.1 Å². The number of amides is 1. The quantitative estimate of drug-likeness (QED) is 0.547. The third-order valence-corrected chi connectivity index (χ3v) is 4.16. The van der Waals surface area contributed by atoms with Crippen molar-refractivity contribution >= 4 is 11.9 Å². The molecular formula is C13H20N6O3. The van der Waals surface area contributed by atoms with Crippen LogP contribution in [0.25, 0.3) is 0 Å². The Morgan fingerprint density at radius 3 is 2.59 bits per heavy atom. The molecule has 0 atom stereocenters. The smallest absolute Gasteiger partial charge is 0.390 e. The zero-order valence-electron chi connectivity index (χ0n) is 12.4. The van der Waals surface area contributed by atoms with Crippen molar-refractivity contribution in [3.8, 4) is 0 Å². The fourth-order valence-electron chi connectivity index (χ4n) is 2.71. The average Bonchev–Trinajstić information content (AvgIpc) is 3.26. The molecule has 1 aliphatic carbocycles. The first-order chi connectivity index (χ1) is 10.6. The highest BCUT2D eigenvalue weighted by atomic mass is 16.6. The SMILES string of the molecule is O=C(C1CC1)N1CCN(CCCn2cnc([N+](=O)[O-])n2)CC1. The van der Waals surface area contributed by atoms with E-state index in [-0.39, 0.29) is 5.95 Å². The lowest BCUT2D eigenvalue weighted by Crippen LogP contribution is -2.49. The molecule has 120 valence electrons. The van der Waals surface area contributed by atoms with Crippen LogP contribution in [0.4, 0.5) is 5.95 Å². The molecule has 1 saturated carbocycles. The molecule has 3 rings (SSSR count). The minimum Gasteiger partial charge on any atom is -0.390 e. The molecule has 0 spiro atoms. The molecule has 9 nitrogen and oxygen atoms in total.